The molecule has 0 spiro atoms. The molecular weight excluding hydrogens is 512 g/mol. The summed E-state index contributed by atoms with van der Waals surface area (Å²) < 4.78 is 43.3. The molecule has 2 aliphatic carbocycles. The summed E-state index contributed by atoms with van der Waals surface area (Å²) in [6.07, 6.45) is -4.07. The number of likely N-dealkylation sites (tertiary alicyclic amines) is 1. The first-order valence-electron chi connectivity index (χ1n) is 9.85. The second-order valence-corrected chi connectivity index (χ2v) is 9.58. The van der Waals surface area contributed by atoms with Crippen molar-refractivity contribution < 1.29 is 37.1 Å². The molecule has 1 aliphatic heterocycles. The highest BCUT2D eigenvalue weighted by molar-refractivity contribution is 6.33. The molecule has 0 unspecified atom stereocenters. The minimum atomic E-state index is -4.64. The monoisotopic (exact) mass is 526 g/mol. The second-order valence-electron chi connectivity index (χ2n) is 8.17. The van der Waals surface area contributed by atoms with Gasteiger partial charge in [-0.05, 0) is 36.5 Å². The van der Waals surface area contributed by atoms with Crippen LogP contribution in [0.2, 0.25) is 5.02 Å². The second kappa shape index (κ2) is 8.63. The summed E-state index contributed by atoms with van der Waals surface area (Å²) >= 11 is 18.3. The highest BCUT2D eigenvalue weighted by Gasteiger charge is 2.66. The topological polar surface area (TPSA) is 92.8 Å². The van der Waals surface area contributed by atoms with Crippen LogP contribution in [0.1, 0.15) is 12.0 Å². The van der Waals surface area contributed by atoms with E-state index in [0.717, 1.165) is 17.0 Å². The molecule has 3 amide bonds. The van der Waals surface area contributed by atoms with Gasteiger partial charge in [0.25, 0.3) is 5.91 Å². The molecule has 33 heavy (non-hydrogen) atoms. The normalized spacial score (nSPS) is 30.5. The summed E-state index contributed by atoms with van der Waals surface area (Å²) in [5, 5.41) is 1.11. The van der Waals surface area contributed by atoms with Crippen LogP contribution >= 0.6 is 34.8 Å². The minimum absolute atomic E-state index is 0.146. The number of esters is 1. The lowest BCUT2D eigenvalue weighted by Gasteiger charge is -2.28. The Hall–Kier alpha value is -2.04. The number of nitrogens with zero attached hydrogens (tertiary/aromatic N) is 1. The number of benzene rings is 1. The number of rotatable bonds is 5. The molecule has 1 heterocycles. The molecule has 178 valence electrons. The lowest BCUT2D eigenvalue weighted by Crippen LogP contribution is -2.38. The predicted octanol–water partition coefficient (Wildman–Crippen LogP) is 3.31. The number of anilines is 1. The Morgan fingerprint density at radius 1 is 1.09 bits per heavy atom. The Morgan fingerprint density at radius 3 is 2.21 bits per heavy atom. The SMILES string of the molecule is O=C(COC(=O)CN1C(=O)[C@@H]2[C@H]3C[C@@H]([C@@H](Cl)[C@H]3Cl)[C@H]2C1=O)Nc1cc(C(F)(F)F)ccc1Cl. The van der Waals surface area contributed by atoms with Crippen molar-refractivity contribution in [3.63, 3.8) is 0 Å². The maximum atomic E-state index is 12.8. The standard InChI is InChI=1S/C20H16Cl3F3N2O5/c21-10-2-1-7(20(24,25)26)3-11(10)27-12(29)6-33-13(30)5-28-18(31)14-8-4-9(15(14)19(28)32)17(23)16(8)22/h1-3,8-9,14-17H,4-6H2,(H,27,29)/t8-,9-,14-,15-,16-,17+/m1/s1. The molecule has 0 aromatic heterocycles. The fraction of sp³-hybridized carbons (Fsp3) is 0.500. The number of hydrogen-bond acceptors (Lipinski definition) is 5. The van der Waals surface area contributed by atoms with E-state index in [0.29, 0.717) is 12.5 Å². The summed E-state index contributed by atoms with van der Waals surface area (Å²) in [6.45, 7) is -1.55. The zero-order chi connectivity index (χ0) is 24.2. The van der Waals surface area contributed by atoms with Crippen LogP contribution in [0.15, 0.2) is 18.2 Å². The number of hydrogen-bond donors (Lipinski definition) is 1. The summed E-state index contributed by atoms with van der Waals surface area (Å²) in [7, 11) is 0. The first kappa shape index (κ1) is 24.1. The van der Waals surface area contributed by atoms with E-state index in [9.17, 15) is 32.3 Å². The number of carbonyl (C=O) groups is 4. The molecule has 1 N–H and O–H groups in total. The van der Waals surface area contributed by atoms with Crippen molar-refractivity contribution in [3.05, 3.63) is 28.8 Å². The molecule has 3 aliphatic rings. The van der Waals surface area contributed by atoms with Gasteiger partial charge < -0.3 is 10.1 Å². The molecule has 0 radical (unpaired) electrons. The van der Waals surface area contributed by atoms with Crippen molar-refractivity contribution in [2.24, 2.45) is 23.7 Å². The van der Waals surface area contributed by atoms with Gasteiger partial charge in [-0.15, -0.1) is 23.2 Å². The van der Waals surface area contributed by atoms with Crippen LogP contribution in [0.4, 0.5) is 18.9 Å². The van der Waals surface area contributed by atoms with Gasteiger partial charge in [-0.25, -0.2) is 0 Å². The molecule has 7 nitrogen and oxygen atoms in total. The van der Waals surface area contributed by atoms with Gasteiger partial charge in [-0.3, -0.25) is 24.1 Å². The lowest BCUT2D eigenvalue weighted by molar-refractivity contribution is -0.154. The molecular formula is C20H16Cl3F3N2O5. The van der Waals surface area contributed by atoms with Gasteiger partial charge in [0.2, 0.25) is 11.8 Å². The van der Waals surface area contributed by atoms with E-state index in [2.05, 4.69) is 5.32 Å². The predicted molar refractivity (Wildman–Crippen MR) is 111 cm³/mol. The maximum absolute atomic E-state index is 12.8. The van der Waals surface area contributed by atoms with Crippen LogP contribution in [0.25, 0.3) is 0 Å². The third-order valence-electron chi connectivity index (χ3n) is 6.30. The zero-order valence-corrected chi connectivity index (χ0v) is 18.8. The Morgan fingerprint density at radius 2 is 1.67 bits per heavy atom. The largest absolute Gasteiger partial charge is 0.454 e. The Kier molecular flexibility index (Phi) is 6.30. The highest BCUT2D eigenvalue weighted by Crippen LogP contribution is 2.59. The van der Waals surface area contributed by atoms with E-state index in [4.69, 9.17) is 39.5 Å². The fourth-order valence-corrected chi connectivity index (χ4v) is 5.93. The molecule has 1 aromatic carbocycles. The molecule has 13 heteroatoms. The van der Waals surface area contributed by atoms with Gasteiger partial charge >= 0.3 is 12.1 Å². The van der Waals surface area contributed by atoms with Crippen LogP contribution in [-0.4, -0.2) is 52.5 Å². The van der Waals surface area contributed by atoms with Crippen molar-refractivity contribution in [1.82, 2.24) is 4.90 Å². The number of fused-ring (bicyclic) bond motifs is 5. The Labute approximate surface area is 200 Å². The maximum Gasteiger partial charge on any atom is 0.416 e. The Bertz CT molecular complexity index is 1000. The molecule has 3 fully saturated rings. The number of alkyl halides is 5. The fourth-order valence-electron chi connectivity index (χ4n) is 4.87. The average Bonchev–Trinajstić information content (AvgIpc) is 3.34. The van der Waals surface area contributed by atoms with Gasteiger partial charge in [0.15, 0.2) is 6.61 Å². The summed E-state index contributed by atoms with van der Waals surface area (Å²) in [5.74, 6) is -4.77. The summed E-state index contributed by atoms with van der Waals surface area (Å²) in [5.41, 5.74) is -1.34. The van der Waals surface area contributed by atoms with Gasteiger partial charge in [0, 0.05) is 0 Å². The van der Waals surface area contributed by atoms with E-state index in [1.165, 1.54) is 0 Å². The van der Waals surface area contributed by atoms with E-state index >= 15 is 0 Å². The van der Waals surface area contributed by atoms with E-state index in [1.54, 1.807) is 0 Å². The summed E-state index contributed by atoms with van der Waals surface area (Å²) in [6, 6.07) is 2.37. The third kappa shape index (κ3) is 4.28. The molecule has 2 bridgehead atoms. The lowest BCUT2D eigenvalue weighted by atomic mass is 9.80. The molecule has 1 aromatic rings. The van der Waals surface area contributed by atoms with E-state index < -0.39 is 71.2 Å². The molecule has 4 rings (SSSR count). The van der Waals surface area contributed by atoms with Gasteiger partial charge in [-0.2, -0.15) is 13.2 Å². The number of imide groups is 1. The first-order valence-corrected chi connectivity index (χ1v) is 11.1. The van der Waals surface area contributed by atoms with Crippen LogP contribution in [-0.2, 0) is 30.1 Å². The molecule has 1 saturated heterocycles. The van der Waals surface area contributed by atoms with Crippen LogP contribution in [0.3, 0.4) is 0 Å². The van der Waals surface area contributed by atoms with Crippen molar-refractivity contribution in [2.75, 3.05) is 18.5 Å². The summed E-state index contributed by atoms with van der Waals surface area (Å²) in [4.78, 5) is 50.4. The van der Waals surface area contributed by atoms with Crippen molar-refractivity contribution >= 4 is 64.2 Å². The Balaban J connectivity index is 1.33. The molecule has 2 saturated carbocycles. The van der Waals surface area contributed by atoms with Crippen LogP contribution < -0.4 is 5.32 Å². The zero-order valence-electron chi connectivity index (χ0n) is 16.6. The highest BCUT2D eigenvalue weighted by atomic mass is 35.5. The molecule has 6 atom stereocenters. The van der Waals surface area contributed by atoms with Crippen LogP contribution in [0, 0.1) is 23.7 Å². The van der Waals surface area contributed by atoms with Gasteiger partial charge in [0.1, 0.15) is 6.54 Å². The van der Waals surface area contributed by atoms with E-state index in [-0.39, 0.29) is 22.5 Å². The van der Waals surface area contributed by atoms with E-state index in [1.807, 2.05) is 0 Å². The number of halogens is 6. The van der Waals surface area contributed by atoms with Crippen molar-refractivity contribution in [3.8, 4) is 0 Å². The minimum Gasteiger partial charge on any atom is -0.454 e. The number of amides is 3. The van der Waals surface area contributed by atoms with Crippen molar-refractivity contribution in [1.29, 1.82) is 0 Å². The first-order chi connectivity index (χ1) is 15.4. The third-order valence-corrected chi connectivity index (χ3v) is 7.95. The smallest absolute Gasteiger partial charge is 0.416 e. The van der Waals surface area contributed by atoms with Gasteiger partial charge in [-0.1, -0.05) is 11.6 Å². The quantitative estimate of drug-likeness (QED) is 0.360. The number of nitrogens with one attached hydrogen (secondary N) is 1. The number of ether oxygens (including phenoxy) is 1. The van der Waals surface area contributed by atoms with Crippen molar-refractivity contribution in [2.45, 2.75) is 23.4 Å². The van der Waals surface area contributed by atoms with Crippen LogP contribution in [0.5, 0.6) is 0 Å². The van der Waals surface area contributed by atoms with Gasteiger partial charge in [0.05, 0.1) is 38.9 Å². The number of carbonyl (C=O) groups excluding carboxylic acids is 4. The average molecular weight is 528 g/mol.